The van der Waals surface area contributed by atoms with Gasteiger partial charge in [0.25, 0.3) is 0 Å². The normalized spacial score (nSPS) is 22.4. The second-order valence-corrected chi connectivity index (χ2v) is 15.1. The molecule has 0 unspecified atom stereocenters. The second kappa shape index (κ2) is 8.36. The highest BCUT2D eigenvalue weighted by molar-refractivity contribution is 6.74. The number of hydrogen-bond donors (Lipinski definition) is 0. The maximum atomic E-state index is 7.08. The standard InChI is InChI=1S/C27H36O2Si/c1-27(2,3)30(4,5)29-25-19-24(21-15-7-6-8-16-21)28-26-22-17-11-9-13-20(22)14-10-12-18-23(25)26/h6-9,11,13,15-17,24-25H,10,12,14,18-19H2,1-5H3/t24-,25-/m1/s1. The summed E-state index contributed by atoms with van der Waals surface area (Å²) in [4.78, 5) is 0. The Balaban J connectivity index is 1.80. The van der Waals surface area contributed by atoms with Gasteiger partial charge in [-0.1, -0.05) is 75.4 Å². The minimum absolute atomic E-state index is 0.0344. The number of ether oxygens (including phenoxy) is 1. The van der Waals surface area contributed by atoms with Crippen LogP contribution in [0.3, 0.4) is 0 Å². The predicted octanol–water partition coefficient (Wildman–Crippen LogP) is 7.68. The van der Waals surface area contributed by atoms with Crippen LogP contribution in [0, 0.1) is 0 Å². The maximum absolute atomic E-state index is 7.08. The molecule has 1 aliphatic carbocycles. The fraction of sp³-hybridized carbons (Fsp3) is 0.481. The Morgan fingerprint density at radius 2 is 1.57 bits per heavy atom. The van der Waals surface area contributed by atoms with Crippen LogP contribution >= 0.6 is 0 Å². The average Bonchev–Trinajstić information content (AvgIpc) is 2.69. The van der Waals surface area contributed by atoms with E-state index in [0.29, 0.717) is 0 Å². The van der Waals surface area contributed by atoms with E-state index in [1.807, 2.05) is 0 Å². The lowest BCUT2D eigenvalue weighted by molar-refractivity contribution is 0.0733. The molecule has 2 nitrogen and oxygen atoms in total. The van der Waals surface area contributed by atoms with Crippen molar-refractivity contribution >= 4 is 14.1 Å². The van der Waals surface area contributed by atoms with Crippen LogP contribution in [-0.2, 0) is 15.6 Å². The van der Waals surface area contributed by atoms with Gasteiger partial charge < -0.3 is 9.16 Å². The molecule has 0 aromatic heterocycles. The van der Waals surface area contributed by atoms with Crippen molar-refractivity contribution in [1.82, 2.24) is 0 Å². The van der Waals surface area contributed by atoms with Crippen LogP contribution in [0.1, 0.15) is 69.2 Å². The van der Waals surface area contributed by atoms with Gasteiger partial charge in [0.15, 0.2) is 8.32 Å². The predicted molar refractivity (Wildman–Crippen MR) is 128 cm³/mol. The Bertz CT molecular complexity index is 908. The average molecular weight is 421 g/mol. The first-order valence-electron chi connectivity index (χ1n) is 11.5. The Kier molecular flexibility index (Phi) is 5.96. The van der Waals surface area contributed by atoms with Gasteiger partial charge in [-0.25, -0.2) is 0 Å². The molecule has 0 fully saturated rings. The second-order valence-electron chi connectivity index (χ2n) is 10.3. The molecule has 2 aromatic carbocycles. The van der Waals surface area contributed by atoms with Crippen LogP contribution in [0.15, 0.2) is 60.2 Å². The molecule has 30 heavy (non-hydrogen) atoms. The van der Waals surface area contributed by atoms with Crippen molar-refractivity contribution in [1.29, 1.82) is 0 Å². The first-order valence-corrected chi connectivity index (χ1v) is 14.4. The van der Waals surface area contributed by atoms with E-state index in [4.69, 9.17) is 9.16 Å². The lowest BCUT2D eigenvalue weighted by atomic mass is 9.86. The molecule has 0 saturated carbocycles. The van der Waals surface area contributed by atoms with Gasteiger partial charge in [-0.3, -0.25) is 0 Å². The van der Waals surface area contributed by atoms with Crippen molar-refractivity contribution in [2.24, 2.45) is 0 Å². The minimum atomic E-state index is -1.91. The van der Waals surface area contributed by atoms with Crippen molar-refractivity contribution in [2.45, 2.75) is 83.2 Å². The van der Waals surface area contributed by atoms with Crippen LogP contribution < -0.4 is 0 Å². The highest BCUT2D eigenvalue weighted by Gasteiger charge is 2.43. The third-order valence-corrected chi connectivity index (χ3v) is 11.7. The first-order chi connectivity index (χ1) is 14.3. The van der Waals surface area contributed by atoms with Gasteiger partial charge >= 0.3 is 0 Å². The lowest BCUT2D eigenvalue weighted by Crippen LogP contribution is -2.45. The highest BCUT2D eigenvalue weighted by atomic mass is 28.4. The topological polar surface area (TPSA) is 18.5 Å². The number of aryl methyl sites for hydroxylation is 1. The molecular formula is C27H36O2Si. The minimum Gasteiger partial charge on any atom is -0.485 e. The smallest absolute Gasteiger partial charge is 0.192 e. The monoisotopic (exact) mass is 420 g/mol. The van der Waals surface area contributed by atoms with E-state index in [9.17, 15) is 0 Å². The fourth-order valence-electron chi connectivity index (χ4n) is 4.37. The van der Waals surface area contributed by atoms with Gasteiger partial charge in [0.2, 0.25) is 0 Å². The van der Waals surface area contributed by atoms with Crippen molar-refractivity contribution < 1.29 is 9.16 Å². The molecule has 1 heterocycles. The maximum Gasteiger partial charge on any atom is 0.192 e. The Morgan fingerprint density at radius 3 is 2.30 bits per heavy atom. The summed E-state index contributed by atoms with van der Waals surface area (Å²) in [5.41, 5.74) is 5.31. The SMILES string of the molecule is CC(C)(C)[Si](C)(C)O[C@@H]1C[C@H](c2ccccc2)OC2=C1CCCCc1ccccc12. The van der Waals surface area contributed by atoms with Gasteiger partial charge in [-0.15, -0.1) is 0 Å². The number of rotatable bonds is 3. The fourth-order valence-corrected chi connectivity index (χ4v) is 5.68. The van der Waals surface area contributed by atoms with Gasteiger partial charge in [-0.2, -0.15) is 0 Å². The number of fused-ring (bicyclic) bond motifs is 2. The summed E-state index contributed by atoms with van der Waals surface area (Å²) in [7, 11) is -1.91. The lowest BCUT2D eigenvalue weighted by Gasteiger charge is -2.43. The number of hydrogen-bond acceptors (Lipinski definition) is 2. The Labute approximate surface area is 183 Å². The molecule has 1 aliphatic heterocycles. The molecule has 4 rings (SSSR count). The molecule has 2 aliphatic rings. The van der Waals surface area contributed by atoms with Crippen LogP contribution in [0.5, 0.6) is 0 Å². The van der Waals surface area contributed by atoms with Gasteiger partial charge in [0.05, 0.1) is 6.10 Å². The largest absolute Gasteiger partial charge is 0.485 e. The molecule has 0 amide bonds. The van der Waals surface area contributed by atoms with Crippen molar-refractivity contribution in [3.05, 3.63) is 76.9 Å². The molecule has 0 spiro atoms. The van der Waals surface area contributed by atoms with E-state index < -0.39 is 8.32 Å². The van der Waals surface area contributed by atoms with Gasteiger partial charge in [0.1, 0.15) is 11.9 Å². The molecule has 2 atom stereocenters. The Morgan fingerprint density at radius 1 is 0.900 bits per heavy atom. The van der Waals surface area contributed by atoms with E-state index in [-0.39, 0.29) is 17.2 Å². The molecule has 0 radical (unpaired) electrons. The van der Waals surface area contributed by atoms with Crippen molar-refractivity contribution in [2.75, 3.05) is 0 Å². The van der Waals surface area contributed by atoms with Crippen LogP contribution in [0.4, 0.5) is 0 Å². The van der Waals surface area contributed by atoms with Crippen LogP contribution in [-0.4, -0.2) is 14.4 Å². The van der Waals surface area contributed by atoms with Crippen molar-refractivity contribution in [3.8, 4) is 0 Å². The highest BCUT2D eigenvalue weighted by Crippen LogP contribution is 2.46. The number of benzene rings is 2. The summed E-state index contributed by atoms with van der Waals surface area (Å²) in [6.07, 6.45) is 5.69. The van der Waals surface area contributed by atoms with Gasteiger partial charge in [-0.05, 0) is 54.9 Å². The summed E-state index contributed by atoms with van der Waals surface area (Å²) in [5, 5.41) is 0.188. The Hall–Kier alpha value is -1.84. The third kappa shape index (κ3) is 4.28. The molecule has 3 heteroatoms. The van der Waals surface area contributed by atoms with E-state index in [1.54, 1.807) is 0 Å². The molecule has 2 aromatic rings. The van der Waals surface area contributed by atoms with Crippen molar-refractivity contribution in [3.63, 3.8) is 0 Å². The zero-order valence-electron chi connectivity index (χ0n) is 19.2. The molecular weight excluding hydrogens is 384 g/mol. The molecule has 0 N–H and O–H groups in total. The van der Waals surface area contributed by atoms with E-state index in [2.05, 4.69) is 88.5 Å². The first kappa shape index (κ1) is 21.4. The molecule has 0 bridgehead atoms. The van der Waals surface area contributed by atoms with Crippen LogP contribution in [0.25, 0.3) is 5.76 Å². The van der Waals surface area contributed by atoms with E-state index >= 15 is 0 Å². The van der Waals surface area contributed by atoms with E-state index in [0.717, 1.165) is 25.0 Å². The summed E-state index contributed by atoms with van der Waals surface area (Å²) in [5.74, 6) is 1.09. The molecule has 160 valence electrons. The van der Waals surface area contributed by atoms with E-state index in [1.165, 1.54) is 35.1 Å². The zero-order chi connectivity index (χ0) is 21.4. The van der Waals surface area contributed by atoms with Gasteiger partial charge in [0, 0.05) is 17.6 Å². The summed E-state index contributed by atoms with van der Waals surface area (Å²) < 4.78 is 13.9. The quantitative estimate of drug-likeness (QED) is 0.474. The summed E-state index contributed by atoms with van der Waals surface area (Å²) in [6.45, 7) is 11.7. The summed E-state index contributed by atoms with van der Waals surface area (Å²) >= 11 is 0. The third-order valence-electron chi connectivity index (χ3n) is 7.19. The zero-order valence-corrected chi connectivity index (χ0v) is 20.2. The molecule has 0 saturated heterocycles. The summed E-state index contributed by atoms with van der Waals surface area (Å²) in [6, 6.07) is 19.5. The van der Waals surface area contributed by atoms with Crippen LogP contribution in [0.2, 0.25) is 18.1 Å².